The van der Waals surface area contributed by atoms with Crippen molar-refractivity contribution in [2.75, 3.05) is 5.32 Å². The van der Waals surface area contributed by atoms with E-state index in [0.29, 0.717) is 23.4 Å². The van der Waals surface area contributed by atoms with E-state index >= 15 is 0 Å². The van der Waals surface area contributed by atoms with Crippen LogP contribution < -0.4 is 10.6 Å². The first-order chi connectivity index (χ1) is 12.6. The van der Waals surface area contributed by atoms with Gasteiger partial charge in [-0.2, -0.15) is 0 Å². The second-order valence-electron chi connectivity index (χ2n) is 5.68. The standard InChI is InChI=1S/C21H17IN2O2/c22-19-9-5-4-8-18(19)21(26)24-17-12-10-16(11-13-17)20(25)23-14-15-6-2-1-3-7-15/h1-13H,14H2,(H,23,25)(H,24,26). The topological polar surface area (TPSA) is 58.2 Å². The SMILES string of the molecule is O=C(NCc1ccccc1)c1ccc(NC(=O)c2ccccc2I)cc1. The molecule has 0 radical (unpaired) electrons. The molecule has 0 saturated heterocycles. The fourth-order valence-electron chi connectivity index (χ4n) is 2.43. The number of carbonyl (C=O) groups is 2. The molecule has 0 aromatic heterocycles. The number of anilines is 1. The van der Waals surface area contributed by atoms with Gasteiger partial charge in [0.2, 0.25) is 0 Å². The number of rotatable bonds is 5. The number of halogens is 1. The molecule has 5 heteroatoms. The first kappa shape index (κ1) is 18.1. The molecule has 0 unspecified atom stereocenters. The van der Waals surface area contributed by atoms with Gasteiger partial charge in [-0.1, -0.05) is 42.5 Å². The van der Waals surface area contributed by atoms with Crippen LogP contribution in [-0.4, -0.2) is 11.8 Å². The molecule has 0 aliphatic heterocycles. The Morgan fingerprint density at radius 3 is 2.12 bits per heavy atom. The number of nitrogens with one attached hydrogen (secondary N) is 2. The molecule has 0 aliphatic carbocycles. The lowest BCUT2D eigenvalue weighted by Crippen LogP contribution is -2.22. The van der Waals surface area contributed by atoms with E-state index in [4.69, 9.17) is 0 Å². The summed E-state index contributed by atoms with van der Waals surface area (Å²) in [4.78, 5) is 24.5. The number of amides is 2. The van der Waals surface area contributed by atoms with Crippen molar-refractivity contribution in [1.82, 2.24) is 5.32 Å². The summed E-state index contributed by atoms with van der Waals surface area (Å²) in [5, 5.41) is 5.73. The highest BCUT2D eigenvalue weighted by molar-refractivity contribution is 14.1. The van der Waals surface area contributed by atoms with Gasteiger partial charge in [-0.25, -0.2) is 0 Å². The van der Waals surface area contributed by atoms with Crippen LogP contribution in [0.15, 0.2) is 78.9 Å². The van der Waals surface area contributed by atoms with Crippen molar-refractivity contribution < 1.29 is 9.59 Å². The molecule has 0 atom stereocenters. The zero-order chi connectivity index (χ0) is 18.4. The molecule has 130 valence electrons. The number of hydrogen-bond donors (Lipinski definition) is 2. The van der Waals surface area contributed by atoms with Crippen LogP contribution in [0.4, 0.5) is 5.69 Å². The lowest BCUT2D eigenvalue weighted by Gasteiger charge is -2.08. The summed E-state index contributed by atoms with van der Waals surface area (Å²) in [5.74, 6) is -0.319. The van der Waals surface area contributed by atoms with Gasteiger partial charge in [0, 0.05) is 21.4 Å². The third-order valence-electron chi connectivity index (χ3n) is 3.82. The van der Waals surface area contributed by atoms with Crippen LogP contribution >= 0.6 is 22.6 Å². The Morgan fingerprint density at radius 2 is 1.42 bits per heavy atom. The molecule has 4 nitrogen and oxygen atoms in total. The lowest BCUT2D eigenvalue weighted by molar-refractivity contribution is 0.0950. The van der Waals surface area contributed by atoms with Gasteiger partial charge < -0.3 is 10.6 Å². The minimum absolute atomic E-state index is 0.149. The monoisotopic (exact) mass is 456 g/mol. The van der Waals surface area contributed by atoms with E-state index in [1.807, 2.05) is 48.5 Å². The molecular weight excluding hydrogens is 439 g/mol. The minimum atomic E-state index is -0.170. The van der Waals surface area contributed by atoms with Crippen molar-refractivity contribution in [3.05, 3.63) is 99.1 Å². The number of benzene rings is 3. The summed E-state index contributed by atoms with van der Waals surface area (Å²) in [6.07, 6.45) is 0. The van der Waals surface area contributed by atoms with Gasteiger partial charge in [0.25, 0.3) is 11.8 Å². The zero-order valence-electron chi connectivity index (χ0n) is 13.9. The van der Waals surface area contributed by atoms with E-state index in [9.17, 15) is 9.59 Å². The third kappa shape index (κ3) is 4.70. The van der Waals surface area contributed by atoms with E-state index < -0.39 is 0 Å². The van der Waals surface area contributed by atoms with Gasteiger partial charge in [-0.05, 0) is 64.6 Å². The smallest absolute Gasteiger partial charge is 0.256 e. The van der Waals surface area contributed by atoms with Crippen molar-refractivity contribution in [3.63, 3.8) is 0 Å². The first-order valence-electron chi connectivity index (χ1n) is 8.11. The fraction of sp³-hybridized carbons (Fsp3) is 0.0476. The molecule has 0 fully saturated rings. The molecule has 26 heavy (non-hydrogen) atoms. The normalized spacial score (nSPS) is 10.2. The van der Waals surface area contributed by atoms with Crippen molar-refractivity contribution in [2.24, 2.45) is 0 Å². The van der Waals surface area contributed by atoms with E-state index in [2.05, 4.69) is 33.2 Å². The second-order valence-corrected chi connectivity index (χ2v) is 6.84. The predicted octanol–water partition coefficient (Wildman–Crippen LogP) is 4.47. The summed E-state index contributed by atoms with van der Waals surface area (Å²) < 4.78 is 0.888. The molecule has 0 bridgehead atoms. The van der Waals surface area contributed by atoms with Gasteiger partial charge in [-0.15, -0.1) is 0 Å². The van der Waals surface area contributed by atoms with Crippen LogP contribution in [0, 0.1) is 3.57 Å². The Morgan fingerprint density at radius 1 is 0.769 bits per heavy atom. The Balaban J connectivity index is 1.60. The highest BCUT2D eigenvalue weighted by Crippen LogP contribution is 2.15. The maximum atomic E-state index is 12.3. The summed E-state index contributed by atoms with van der Waals surface area (Å²) in [5.41, 5.74) is 2.86. The number of carbonyl (C=O) groups excluding carboxylic acids is 2. The average molecular weight is 456 g/mol. The average Bonchev–Trinajstić information content (AvgIpc) is 2.68. The van der Waals surface area contributed by atoms with Crippen LogP contribution in [0.3, 0.4) is 0 Å². The molecule has 2 amide bonds. The van der Waals surface area contributed by atoms with Crippen molar-refractivity contribution >= 4 is 40.1 Å². The molecule has 0 heterocycles. The van der Waals surface area contributed by atoms with E-state index in [1.54, 1.807) is 30.3 Å². The summed E-state index contributed by atoms with van der Waals surface area (Å²) in [6, 6.07) is 24.0. The summed E-state index contributed by atoms with van der Waals surface area (Å²) in [6.45, 7) is 0.477. The quantitative estimate of drug-likeness (QED) is 0.557. The molecule has 2 N–H and O–H groups in total. The van der Waals surface area contributed by atoms with Gasteiger partial charge in [0.05, 0.1) is 5.56 Å². The summed E-state index contributed by atoms with van der Waals surface area (Å²) >= 11 is 2.13. The Labute approximate surface area is 165 Å². The Kier molecular flexibility index (Phi) is 6.01. The van der Waals surface area contributed by atoms with Crippen molar-refractivity contribution in [1.29, 1.82) is 0 Å². The minimum Gasteiger partial charge on any atom is -0.348 e. The van der Waals surface area contributed by atoms with Gasteiger partial charge in [-0.3, -0.25) is 9.59 Å². The fourth-order valence-corrected chi connectivity index (χ4v) is 3.06. The van der Waals surface area contributed by atoms with Crippen LogP contribution in [0.5, 0.6) is 0 Å². The van der Waals surface area contributed by atoms with Crippen molar-refractivity contribution in [3.8, 4) is 0 Å². The van der Waals surface area contributed by atoms with E-state index in [1.165, 1.54) is 0 Å². The van der Waals surface area contributed by atoms with Crippen molar-refractivity contribution in [2.45, 2.75) is 6.54 Å². The molecule has 0 aliphatic rings. The second kappa shape index (κ2) is 8.62. The van der Waals surface area contributed by atoms with E-state index in [-0.39, 0.29) is 11.8 Å². The Hall–Kier alpha value is -2.67. The lowest BCUT2D eigenvalue weighted by atomic mass is 10.1. The maximum absolute atomic E-state index is 12.3. The molecule has 0 spiro atoms. The van der Waals surface area contributed by atoms with Crippen LogP contribution in [0.25, 0.3) is 0 Å². The highest BCUT2D eigenvalue weighted by Gasteiger charge is 2.10. The summed E-state index contributed by atoms with van der Waals surface area (Å²) in [7, 11) is 0. The molecule has 0 saturated carbocycles. The molecule has 3 aromatic carbocycles. The third-order valence-corrected chi connectivity index (χ3v) is 4.76. The van der Waals surface area contributed by atoms with Crippen LogP contribution in [0.1, 0.15) is 26.3 Å². The zero-order valence-corrected chi connectivity index (χ0v) is 16.1. The van der Waals surface area contributed by atoms with Gasteiger partial charge in [0.1, 0.15) is 0 Å². The molecule has 3 rings (SSSR count). The van der Waals surface area contributed by atoms with Crippen LogP contribution in [-0.2, 0) is 6.54 Å². The Bertz CT molecular complexity index is 909. The first-order valence-corrected chi connectivity index (χ1v) is 9.19. The number of hydrogen-bond acceptors (Lipinski definition) is 2. The highest BCUT2D eigenvalue weighted by atomic mass is 127. The maximum Gasteiger partial charge on any atom is 0.256 e. The van der Waals surface area contributed by atoms with E-state index in [0.717, 1.165) is 9.13 Å². The van der Waals surface area contributed by atoms with Gasteiger partial charge in [0.15, 0.2) is 0 Å². The molecular formula is C21H17IN2O2. The van der Waals surface area contributed by atoms with Gasteiger partial charge >= 0.3 is 0 Å². The van der Waals surface area contributed by atoms with Crippen LogP contribution in [0.2, 0.25) is 0 Å². The predicted molar refractivity (Wildman–Crippen MR) is 111 cm³/mol. The largest absolute Gasteiger partial charge is 0.348 e. The molecule has 3 aromatic rings.